The summed E-state index contributed by atoms with van der Waals surface area (Å²) in [7, 11) is 0. The van der Waals surface area contributed by atoms with E-state index in [1.54, 1.807) is 4.68 Å². The third-order valence-corrected chi connectivity index (χ3v) is 2.74. The molecule has 1 unspecified atom stereocenters. The van der Waals surface area contributed by atoms with Gasteiger partial charge in [-0.1, -0.05) is 0 Å². The number of carboxylic acid groups (broad SMARTS) is 1. The molecule has 1 aliphatic rings. The fraction of sp³-hybridized carbons (Fsp3) is 0.556. The summed E-state index contributed by atoms with van der Waals surface area (Å²) in [4.78, 5) is 10.8. The molecule has 0 saturated heterocycles. The van der Waals surface area contributed by atoms with Crippen LogP contribution < -0.4 is 5.73 Å². The number of aromatic nitrogens is 2. The lowest BCUT2D eigenvalue weighted by atomic mass is 9.95. The highest BCUT2D eigenvalue weighted by molar-refractivity contribution is 5.88. The molecular weight excluding hydrogens is 253 g/mol. The van der Waals surface area contributed by atoms with Crippen LogP contribution in [0, 0.1) is 5.92 Å². The van der Waals surface area contributed by atoms with E-state index in [0.717, 1.165) is 25.1 Å². The van der Waals surface area contributed by atoms with Crippen molar-refractivity contribution in [2.75, 3.05) is 6.54 Å². The summed E-state index contributed by atoms with van der Waals surface area (Å²) in [6.07, 6.45) is 3.15. The number of hydrogen-bond acceptors (Lipinski definition) is 3. The fourth-order valence-electron chi connectivity index (χ4n) is 1.88. The predicted octanol–water partition coefficient (Wildman–Crippen LogP) is 0.946. The second-order valence-corrected chi connectivity index (χ2v) is 3.63. The molecule has 0 saturated carbocycles. The number of carbonyl (C=O) groups is 1. The Hall–Kier alpha value is -0.780. The van der Waals surface area contributed by atoms with E-state index in [-0.39, 0.29) is 24.8 Å². The highest BCUT2D eigenvalue weighted by atomic mass is 35.5. The molecule has 16 heavy (non-hydrogen) atoms. The number of carboxylic acids is 1. The van der Waals surface area contributed by atoms with Crippen LogP contribution in [0.15, 0.2) is 6.20 Å². The van der Waals surface area contributed by atoms with Gasteiger partial charge in [-0.15, -0.1) is 24.8 Å². The molecule has 7 heteroatoms. The van der Waals surface area contributed by atoms with Crippen LogP contribution in [-0.2, 0) is 13.0 Å². The number of halogens is 2. The van der Waals surface area contributed by atoms with Gasteiger partial charge < -0.3 is 10.8 Å². The standard InChI is InChI=1S/C9H13N3O2.2ClH/c10-4-6-1-2-12-8(3-6)7(5-11-12)9(13)14;;/h5-6H,1-4,10H2,(H,13,14);2*1H. The van der Waals surface area contributed by atoms with Crippen LogP contribution in [-0.4, -0.2) is 27.4 Å². The van der Waals surface area contributed by atoms with E-state index in [2.05, 4.69) is 5.10 Å². The second-order valence-electron chi connectivity index (χ2n) is 3.63. The average molecular weight is 268 g/mol. The van der Waals surface area contributed by atoms with Gasteiger partial charge in [0.05, 0.1) is 11.9 Å². The van der Waals surface area contributed by atoms with Crippen molar-refractivity contribution >= 4 is 30.8 Å². The summed E-state index contributed by atoms with van der Waals surface area (Å²) in [5.74, 6) is -0.499. The van der Waals surface area contributed by atoms with Crippen molar-refractivity contribution in [2.24, 2.45) is 11.7 Å². The maximum absolute atomic E-state index is 10.8. The van der Waals surface area contributed by atoms with E-state index < -0.39 is 5.97 Å². The molecule has 3 N–H and O–H groups in total. The van der Waals surface area contributed by atoms with Crippen molar-refractivity contribution in [3.63, 3.8) is 0 Å². The molecule has 0 radical (unpaired) electrons. The maximum Gasteiger partial charge on any atom is 0.339 e. The highest BCUT2D eigenvalue weighted by Crippen LogP contribution is 2.21. The Kier molecular flexibility index (Phi) is 5.78. The molecule has 0 aromatic carbocycles. The van der Waals surface area contributed by atoms with Crippen LogP contribution in [0.2, 0.25) is 0 Å². The zero-order chi connectivity index (χ0) is 10.1. The van der Waals surface area contributed by atoms with E-state index in [1.165, 1.54) is 6.20 Å². The molecule has 5 nitrogen and oxygen atoms in total. The predicted molar refractivity (Wildman–Crippen MR) is 64.5 cm³/mol. The van der Waals surface area contributed by atoms with Crippen LogP contribution >= 0.6 is 24.8 Å². The Labute approximate surface area is 106 Å². The first kappa shape index (κ1) is 15.2. The minimum atomic E-state index is -0.899. The van der Waals surface area contributed by atoms with Gasteiger partial charge in [-0.2, -0.15) is 5.10 Å². The lowest BCUT2D eigenvalue weighted by Gasteiger charge is -2.22. The van der Waals surface area contributed by atoms with Crippen molar-refractivity contribution < 1.29 is 9.90 Å². The van der Waals surface area contributed by atoms with Gasteiger partial charge in [0, 0.05) is 6.54 Å². The topological polar surface area (TPSA) is 81.1 Å². The monoisotopic (exact) mass is 267 g/mol. The number of nitrogens with zero attached hydrogens (tertiary/aromatic N) is 2. The van der Waals surface area contributed by atoms with Crippen LogP contribution in [0.25, 0.3) is 0 Å². The van der Waals surface area contributed by atoms with Gasteiger partial charge in [-0.3, -0.25) is 4.68 Å². The first-order chi connectivity index (χ1) is 6.72. The molecule has 1 atom stereocenters. The van der Waals surface area contributed by atoms with E-state index in [9.17, 15) is 4.79 Å². The van der Waals surface area contributed by atoms with Crippen LogP contribution in [0.5, 0.6) is 0 Å². The zero-order valence-electron chi connectivity index (χ0n) is 8.63. The Morgan fingerprint density at radius 1 is 1.62 bits per heavy atom. The van der Waals surface area contributed by atoms with Crippen LogP contribution in [0.1, 0.15) is 22.5 Å². The molecule has 0 spiro atoms. The summed E-state index contributed by atoms with van der Waals surface area (Å²) in [6, 6.07) is 0. The molecule has 0 aliphatic carbocycles. The molecular formula is C9H15Cl2N3O2. The van der Waals surface area contributed by atoms with Gasteiger partial charge in [0.15, 0.2) is 0 Å². The number of hydrogen-bond donors (Lipinski definition) is 2. The zero-order valence-corrected chi connectivity index (χ0v) is 10.3. The van der Waals surface area contributed by atoms with Crippen LogP contribution in [0.3, 0.4) is 0 Å². The number of fused-ring (bicyclic) bond motifs is 1. The van der Waals surface area contributed by atoms with Gasteiger partial charge in [0.2, 0.25) is 0 Å². The number of rotatable bonds is 2. The van der Waals surface area contributed by atoms with E-state index in [1.807, 2.05) is 0 Å². The highest BCUT2D eigenvalue weighted by Gasteiger charge is 2.23. The maximum atomic E-state index is 10.8. The lowest BCUT2D eigenvalue weighted by Crippen LogP contribution is -2.26. The largest absolute Gasteiger partial charge is 0.478 e. The summed E-state index contributed by atoms with van der Waals surface area (Å²) in [5, 5.41) is 12.9. The summed E-state index contributed by atoms with van der Waals surface area (Å²) < 4.78 is 1.77. The van der Waals surface area contributed by atoms with E-state index >= 15 is 0 Å². The lowest BCUT2D eigenvalue weighted by molar-refractivity contribution is 0.0694. The number of nitrogens with two attached hydrogens (primary N) is 1. The molecule has 0 bridgehead atoms. The molecule has 0 fully saturated rings. The molecule has 1 aromatic rings. The Bertz CT molecular complexity index is 368. The normalized spacial score (nSPS) is 17.9. The quantitative estimate of drug-likeness (QED) is 0.836. The van der Waals surface area contributed by atoms with Gasteiger partial charge >= 0.3 is 5.97 Å². The summed E-state index contributed by atoms with van der Waals surface area (Å²) >= 11 is 0. The molecule has 1 aliphatic heterocycles. The smallest absolute Gasteiger partial charge is 0.339 e. The summed E-state index contributed by atoms with van der Waals surface area (Å²) in [6.45, 7) is 1.40. The van der Waals surface area contributed by atoms with Gasteiger partial charge in [0.25, 0.3) is 0 Å². The minimum Gasteiger partial charge on any atom is -0.478 e. The van der Waals surface area contributed by atoms with Crippen molar-refractivity contribution in [1.82, 2.24) is 9.78 Å². The Balaban J connectivity index is 0.00000112. The molecule has 92 valence electrons. The molecule has 2 heterocycles. The van der Waals surface area contributed by atoms with Crippen molar-refractivity contribution in [2.45, 2.75) is 19.4 Å². The molecule has 0 amide bonds. The van der Waals surface area contributed by atoms with Gasteiger partial charge in [-0.05, 0) is 25.3 Å². The van der Waals surface area contributed by atoms with Crippen molar-refractivity contribution in [3.8, 4) is 0 Å². The van der Waals surface area contributed by atoms with Crippen LogP contribution in [0.4, 0.5) is 0 Å². The van der Waals surface area contributed by atoms with Gasteiger partial charge in [-0.25, -0.2) is 4.79 Å². The van der Waals surface area contributed by atoms with Crippen molar-refractivity contribution in [3.05, 3.63) is 17.5 Å². The second kappa shape index (κ2) is 6.08. The minimum absolute atomic E-state index is 0. The summed E-state index contributed by atoms with van der Waals surface area (Å²) in [5.41, 5.74) is 6.72. The molecule has 1 aromatic heterocycles. The Morgan fingerprint density at radius 2 is 2.31 bits per heavy atom. The first-order valence-electron chi connectivity index (χ1n) is 4.70. The average Bonchev–Trinajstić information content (AvgIpc) is 2.59. The number of aryl methyl sites for hydroxylation is 1. The van der Waals surface area contributed by atoms with E-state index in [0.29, 0.717) is 18.0 Å². The fourth-order valence-corrected chi connectivity index (χ4v) is 1.88. The first-order valence-corrected chi connectivity index (χ1v) is 4.70. The molecule has 2 rings (SSSR count). The van der Waals surface area contributed by atoms with Crippen molar-refractivity contribution in [1.29, 1.82) is 0 Å². The van der Waals surface area contributed by atoms with E-state index in [4.69, 9.17) is 10.8 Å². The SMILES string of the molecule is Cl.Cl.NCC1CCn2ncc(C(=O)O)c2C1. The van der Waals surface area contributed by atoms with Gasteiger partial charge in [0.1, 0.15) is 5.56 Å². The third kappa shape index (κ3) is 2.66. The number of aromatic carboxylic acids is 1. The third-order valence-electron chi connectivity index (χ3n) is 2.74. The Morgan fingerprint density at radius 3 is 2.88 bits per heavy atom.